The Kier molecular flexibility index (Phi) is 3.92. The standard InChI is InChI=1S/C10H16N4O3S/c1-10(2,14-18(3,16)17)9(15)13-7-4-5-8(11)12-6-7/h4-6,14H,1-3H3,(H2,11,12)(H,13,15). The first-order valence-corrected chi connectivity index (χ1v) is 7.01. The Morgan fingerprint density at radius 2 is 2.00 bits per heavy atom. The van der Waals surface area contributed by atoms with E-state index in [-0.39, 0.29) is 0 Å². The molecule has 1 rings (SSSR count). The number of carbonyl (C=O) groups is 1. The van der Waals surface area contributed by atoms with Crippen LogP contribution in [0.5, 0.6) is 0 Å². The molecule has 0 aliphatic heterocycles. The predicted molar refractivity (Wildman–Crippen MR) is 69.3 cm³/mol. The smallest absolute Gasteiger partial charge is 0.245 e. The fourth-order valence-electron chi connectivity index (χ4n) is 1.28. The van der Waals surface area contributed by atoms with Crippen molar-refractivity contribution in [2.24, 2.45) is 0 Å². The van der Waals surface area contributed by atoms with Crippen LogP contribution in [-0.2, 0) is 14.8 Å². The van der Waals surface area contributed by atoms with Crippen molar-refractivity contribution < 1.29 is 13.2 Å². The summed E-state index contributed by atoms with van der Waals surface area (Å²) in [5, 5.41) is 2.55. The van der Waals surface area contributed by atoms with Crippen LogP contribution in [0, 0.1) is 0 Å². The molecule has 100 valence electrons. The van der Waals surface area contributed by atoms with E-state index in [9.17, 15) is 13.2 Å². The first-order valence-electron chi connectivity index (χ1n) is 5.12. The summed E-state index contributed by atoms with van der Waals surface area (Å²) in [5.41, 5.74) is 4.60. The fraction of sp³-hybridized carbons (Fsp3) is 0.400. The van der Waals surface area contributed by atoms with Gasteiger partial charge in [-0.1, -0.05) is 0 Å². The Morgan fingerprint density at radius 3 is 2.44 bits per heavy atom. The third kappa shape index (κ3) is 4.30. The molecule has 1 amide bonds. The summed E-state index contributed by atoms with van der Waals surface area (Å²) in [6.07, 6.45) is 2.39. The summed E-state index contributed by atoms with van der Waals surface area (Å²) in [4.78, 5) is 15.7. The zero-order chi connectivity index (χ0) is 14.0. The minimum atomic E-state index is -3.47. The van der Waals surface area contributed by atoms with E-state index in [1.54, 1.807) is 6.07 Å². The lowest BCUT2D eigenvalue weighted by Crippen LogP contribution is -2.51. The molecule has 0 saturated heterocycles. The van der Waals surface area contributed by atoms with Gasteiger partial charge < -0.3 is 11.1 Å². The van der Waals surface area contributed by atoms with Gasteiger partial charge in [0.05, 0.1) is 18.1 Å². The Hall–Kier alpha value is -1.67. The molecule has 1 aromatic rings. The number of sulfonamides is 1. The Labute approximate surface area is 106 Å². The van der Waals surface area contributed by atoms with E-state index in [0.29, 0.717) is 11.5 Å². The minimum Gasteiger partial charge on any atom is -0.384 e. The van der Waals surface area contributed by atoms with Gasteiger partial charge in [-0.05, 0) is 26.0 Å². The molecule has 0 spiro atoms. The van der Waals surface area contributed by atoms with Crippen molar-refractivity contribution in [2.45, 2.75) is 19.4 Å². The van der Waals surface area contributed by atoms with Crippen LogP contribution in [0.25, 0.3) is 0 Å². The molecule has 0 fully saturated rings. The molecule has 1 aromatic heterocycles. The number of anilines is 2. The van der Waals surface area contributed by atoms with Gasteiger partial charge in [-0.3, -0.25) is 4.79 Å². The lowest BCUT2D eigenvalue weighted by atomic mass is 10.1. The maximum Gasteiger partial charge on any atom is 0.245 e. The van der Waals surface area contributed by atoms with E-state index in [0.717, 1.165) is 6.26 Å². The zero-order valence-electron chi connectivity index (χ0n) is 10.4. The number of amides is 1. The van der Waals surface area contributed by atoms with Gasteiger partial charge in [-0.15, -0.1) is 0 Å². The molecule has 0 bridgehead atoms. The highest BCUT2D eigenvalue weighted by molar-refractivity contribution is 7.88. The summed E-state index contributed by atoms with van der Waals surface area (Å²) < 4.78 is 24.5. The van der Waals surface area contributed by atoms with E-state index < -0.39 is 21.5 Å². The second-order valence-electron chi connectivity index (χ2n) is 4.43. The number of nitrogens with zero attached hydrogens (tertiary/aromatic N) is 1. The van der Waals surface area contributed by atoms with Gasteiger partial charge >= 0.3 is 0 Å². The van der Waals surface area contributed by atoms with Crippen LogP contribution in [-0.4, -0.2) is 31.1 Å². The number of nitrogens with two attached hydrogens (primary N) is 1. The SMILES string of the molecule is CC(C)(NS(C)(=O)=O)C(=O)Nc1ccc(N)nc1. The second-order valence-corrected chi connectivity index (χ2v) is 6.17. The number of nitrogens with one attached hydrogen (secondary N) is 2. The first kappa shape index (κ1) is 14.4. The highest BCUT2D eigenvalue weighted by Crippen LogP contribution is 2.11. The van der Waals surface area contributed by atoms with Crippen molar-refractivity contribution in [1.29, 1.82) is 0 Å². The van der Waals surface area contributed by atoms with Gasteiger partial charge in [0, 0.05) is 0 Å². The van der Waals surface area contributed by atoms with E-state index in [4.69, 9.17) is 5.73 Å². The lowest BCUT2D eigenvalue weighted by Gasteiger charge is -2.23. The number of aromatic nitrogens is 1. The molecule has 0 saturated carbocycles. The average Bonchev–Trinajstić information content (AvgIpc) is 2.17. The zero-order valence-corrected chi connectivity index (χ0v) is 11.2. The van der Waals surface area contributed by atoms with Crippen molar-refractivity contribution in [3.63, 3.8) is 0 Å². The molecule has 18 heavy (non-hydrogen) atoms. The minimum absolute atomic E-state index is 0.335. The van der Waals surface area contributed by atoms with Crippen LogP contribution in [0.1, 0.15) is 13.8 Å². The Balaban J connectivity index is 2.79. The molecule has 0 aromatic carbocycles. The molecule has 0 radical (unpaired) electrons. The van der Waals surface area contributed by atoms with Gasteiger partial charge in [0.15, 0.2) is 0 Å². The van der Waals surface area contributed by atoms with Crippen LogP contribution in [0.4, 0.5) is 11.5 Å². The molecule has 0 atom stereocenters. The van der Waals surface area contributed by atoms with E-state index in [1.165, 1.54) is 26.1 Å². The fourth-order valence-corrected chi connectivity index (χ4v) is 2.30. The van der Waals surface area contributed by atoms with Gasteiger partial charge in [0.25, 0.3) is 0 Å². The summed E-state index contributed by atoms with van der Waals surface area (Å²) in [7, 11) is -3.47. The van der Waals surface area contributed by atoms with Crippen LogP contribution < -0.4 is 15.8 Å². The summed E-state index contributed by atoms with van der Waals surface area (Å²) >= 11 is 0. The van der Waals surface area contributed by atoms with Crippen molar-refractivity contribution >= 4 is 27.4 Å². The molecule has 0 unspecified atom stereocenters. The number of carbonyl (C=O) groups excluding carboxylic acids is 1. The largest absolute Gasteiger partial charge is 0.384 e. The molecule has 0 aliphatic carbocycles. The lowest BCUT2D eigenvalue weighted by molar-refractivity contribution is -0.120. The number of hydrogen-bond donors (Lipinski definition) is 3. The van der Waals surface area contributed by atoms with Crippen LogP contribution in [0.2, 0.25) is 0 Å². The number of nitrogen functional groups attached to an aromatic ring is 1. The van der Waals surface area contributed by atoms with Gasteiger partial charge in [0.1, 0.15) is 11.4 Å². The number of pyridine rings is 1. The topological polar surface area (TPSA) is 114 Å². The van der Waals surface area contributed by atoms with Crippen molar-refractivity contribution in [3.05, 3.63) is 18.3 Å². The quantitative estimate of drug-likeness (QED) is 0.710. The van der Waals surface area contributed by atoms with Gasteiger partial charge in [0.2, 0.25) is 15.9 Å². The highest BCUT2D eigenvalue weighted by Gasteiger charge is 2.30. The number of hydrogen-bond acceptors (Lipinski definition) is 5. The van der Waals surface area contributed by atoms with E-state index >= 15 is 0 Å². The molecule has 0 aliphatic rings. The molecule has 1 heterocycles. The third-order valence-electron chi connectivity index (χ3n) is 2.05. The molecular weight excluding hydrogens is 256 g/mol. The van der Waals surface area contributed by atoms with Gasteiger partial charge in [-0.2, -0.15) is 0 Å². The average molecular weight is 272 g/mol. The summed E-state index contributed by atoms with van der Waals surface area (Å²) in [6, 6.07) is 3.11. The number of rotatable bonds is 4. The third-order valence-corrected chi connectivity index (χ3v) is 2.93. The van der Waals surface area contributed by atoms with Crippen molar-refractivity contribution in [2.75, 3.05) is 17.3 Å². The second kappa shape index (κ2) is 4.91. The van der Waals surface area contributed by atoms with E-state index in [1.807, 2.05) is 0 Å². The monoisotopic (exact) mass is 272 g/mol. The molecule has 7 nitrogen and oxygen atoms in total. The summed E-state index contributed by atoms with van der Waals surface area (Å²) in [5.74, 6) is -0.152. The molecule has 4 N–H and O–H groups in total. The molecular formula is C10H16N4O3S. The van der Waals surface area contributed by atoms with Crippen LogP contribution in [0.15, 0.2) is 18.3 Å². The maximum atomic E-state index is 11.9. The van der Waals surface area contributed by atoms with Crippen molar-refractivity contribution in [1.82, 2.24) is 9.71 Å². The Morgan fingerprint density at radius 1 is 1.39 bits per heavy atom. The summed E-state index contributed by atoms with van der Waals surface area (Å²) in [6.45, 7) is 2.93. The molecule has 8 heteroatoms. The van der Waals surface area contributed by atoms with Gasteiger partial charge in [-0.25, -0.2) is 18.1 Å². The van der Waals surface area contributed by atoms with Crippen molar-refractivity contribution in [3.8, 4) is 0 Å². The van der Waals surface area contributed by atoms with Crippen LogP contribution in [0.3, 0.4) is 0 Å². The van der Waals surface area contributed by atoms with E-state index in [2.05, 4.69) is 15.0 Å². The first-order chi connectivity index (χ1) is 8.10. The Bertz CT molecular complexity index is 537. The normalized spacial score (nSPS) is 12.2. The maximum absolute atomic E-state index is 11.9. The van der Waals surface area contributed by atoms with Crippen LogP contribution >= 0.6 is 0 Å². The highest BCUT2D eigenvalue weighted by atomic mass is 32.2. The predicted octanol–water partition coefficient (Wildman–Crippen LogP) is -0.0699.